The fraction of sp³-hybridized carbons (Fsp3) is 0.889. The lowest BCUT2D eigenvalue weighted by molar-refractivity contribution is -0.118. The second kappa shape index (κ2) is 6.00. The van der Waals surface area contributed by atoms with E-state index in [0.717, 1.165) is 25.9 Å². The Morgan fingerprint density at radius 1 is 1.50 bits per heavy atom. The normalized spacial score (nSPS) is 22.8. The highest BCUT2D eigenvalue weighted by Gasteiger charge is 2.21. The van der Waals surface area contributed by atoms with Crippen LogP contribution in [0.15, 0.2) is 0 Å². The summed E-state index contributed by atoms with van der Waals surface area (Å²) in [4.78, 5) is 14.3. The zero-order valence-corrected chi connectivity index (χ0v) is 8.58. The molecule has 1 saturated heterocycles. The molecule has 0 saturated carbocycles. The number of carbonyl (C=O) groups excluding carboxylic acids is 1. The van der Waals surface area contributed by atoms with E-state index < -0.39 is 0 Å². The third-order valence-electron chi connectivity index (χ3n) is 2.11. The largest absolute Gasteiger partial charge is 0.344 e. The maximum atomic E-state index is 10.3. The minimum atomic E-state index is 0.447. The van der Waals surface area contributed by atoms with Crippen molar-refractivity contribution < 1.29 is 4.79 Å². The van der Waals surface area contributed by atoms with Crippen LogP contribution in [0.3, 0.4) is 0 Å². The van der Waals surface area contributed by atoms with E-state index in [1.54, 1.807) is 4.90 Å². The van der Waals surface area contributed by atoms with Gasteiger partial charge in [-0.3, -0.25) is 4.79 Å². The fourth-order valence-electron chi connectivity index (χ4n) is 1.33. The molecule has 0 radical (unpaired) electrons. The van der Waals surface area contributed by atoms with E-state index in [9.17, 15) is 4.79 Å². The number of rotatable bonds is 2. The second-order valence-corrected chi connectivity index (χ2v) is 2.98. The van der Waals surface area contributed by atoms with Gasteiger partial charge in [0.1, 0.15) is 0 Å². The van der Waals surface area contributed by atoms with Crippen molar-refractivity contribution in [2.75, 3.05) is 27.2 Å². The first-order valence-corrected chi connectivity index (χ1v) is 4.60. The Hall–Kier alpha value is -0.570. The Morgan fingerprint density at radius 2 is 2.08 bits per heavy atom. The van der Waals surface area contributed by atoms with Gasteiger partial charge in [0.2, 0.25) is 6.41 Å². The summed E-state index contributed by atoms with van der Waals surface area (Å²) in [5.74, 6) is 0. The van der Waals surface area contributed by atoms with Crippen LogP contribution in [0.25, 0.3) is 0 Å². The average molecular weight is 172 g/mol. The van der Waals surface area contributed by atoms with Crippen LogP contribution in [0.1, 0.15) is 20.3 Å². The summed E-state index contributed by atoms with van der Waals surface area (Å²) in [6, 6.07) is 0.447. The van der Waals surface area contributed by atoms with Gasteiger partial charge >= 0.3 is 0 Å². The van der Waals surface area contributed by atoms with Crippen LogP contribution in [-0.4, -0.2) is 49.4 Å². The number of likely N-dealkylation sites (N-methyl/N-ethyl adjacent to an activating group) is 2. The van der Waals surface area contributed by atoms with E-state index in [2.05, 4.69) is 11.9 Å². The second-order valence-electron chi connectivity index (χ2n) is 2.98. The number of carbonyl (C=O) groups is 1. The molecule has 3 nitrogen and oxygen atoms in total. The minimum absolute atomic E-state index is 0.447. The van der Waals surface area contributed by atoms with E-state index >= 15 is 0 Å². The Kier molecular flexibility index (Phi) is 5.72. The molecule has 0 spiro atoms. The molecule has 1 heterocycles. The molecule has 1 unspecified atom stereocenters. The SMILES string of the molecule is CC.CN1CCC(N(C)C=O)C1. The van der Waals surface area contributed by atoms with Gasteiger partial charge in [-0.15, -0.1) is 0 Å². The maximum Gasteiger partial charge on any atom is 0.209 e. The number of likely N-dealkylation sites (tertiary alicyclic amines) is 1. The molecule has 1 amide bonds. The molecule has 72 valence electrons. The predicted octanol–water partition coefficient (Wildman–Crippen LogP) is 0.805. The minimum Gasteiger partial charge on any atom is -0.344 e. The molecule has 0 bridgehead atoms. The molecule has 0 aliphatic carbocycles. The summed E-state index contributed by atoms with van der Waals surface area (Å²) >= 11 is 0. The third-order valence-corrected chi connectivity index (χ3v) is 2.11. The molecule has 1 rings (SSSR count). The first-order chi connectivity index (χ1) is 5.74. The molecule has 0 aromatic carbocycles. The third kappa shape index (κ3) is 3.22. The van der Waals surface area contributed by atoms with Crippen LogP contribution < -0.4 is 0 Å². The lowest BCUT2D eigenvalue weighted by Gasteiger charge is -2.18. The van der Waals surface area contributed by atoms with Crippen LogP contribution in [0.2, 0.25) is 0 Å². The lowest BCUT2D eigenvalue weighted by atomic mass is 10.2. The van der Waals surface area contributed by atoms with Crippen molar-refractivity contribution >= 4 is 6.41 Å². The Bertz CT molecular complexity index is 128. The number of amides is 1. The van der Waals surface area contributed by atoms with Gasteiger partial charge in [-0.1, -0.05) is 13.8 Å². The van der Waals surface area contributed by atoms with Gasteiger partial charge in [0, 0.05) is 19.6 Å². The van der Waals surface area contributed by atoms with Crippen molar-refractivity contribution in [3.05, 3.63) is 0 Å². The highest BCUT2D eigenvalue weighted by atomic mass is 16.1. The van der Waals surface area contributed by atoms with Gasteiger partial charge in [-0.2, -0.15) is 0 Å². The maximum absolute atomic E-state index is 10.3. The highest BCUT2D eigenvalue weighted by molar-refractivity contribution is 5.47. The topological polar surface area (TPSA) is 23.6 Å². The quantitative estimate of drug-likeness (QED) is 0.575. The molecular formula is C9H20N2O. The monoisotopic (exact) mass is 172 g/mol. The van der Waals surface area contributed by atoms with Crippen molar-refractivity contribution in [1.82, 2.24) is 9.80 Å². The number of nitrogens with zero attached hydrogens (tertiary/aromatic N) is 2. The van der Waals surface area contributed by atoms with Gasteiger partial charge in [0.25, 0.3) is 0 Å². The van der Waals surface area contributed by atoms with Crippen molar-refractivity contribution in [1.29, 1.82) is 0 Å². The molecule has 1 aliphatic rings. The molecule has 1 atom stereocenters. The van der Waals surface area contributed by atoms with Crippen LogP contribution in [0, 0.1) is 0 Å². The fourth-order valence-corrected chi connectivity index (χ4v) is 1.33. The molecule has 12 heavy (non-hydrogen) atoms. The van der Waals surface area contributed by atoms with Crippen molar-refractivity contribution in [2.45, 2.75) is 26.3 Å². The van der Waals surface area contributed by atoms with Crippen molar-refractivity contribution in [2.24, 2.45) is 0 Å². The molecule has 1 fully saturated rings. The number of hydrogen-bond donors (Lipinski definition) is 0. The highest BCUT2D eigenvalue weighted by Crippen LogP contribution is 2.10. The van der Waals surface area contributed by atoms with Crippen molar-refractivity contribution in [3.63, 3.8) is 0 Å². The Labute approximate surface area is 75.3 Å². The summed E-state index contributed by atoms with van der Waals surface area (Å²) in [5, 5.41) is 0. The molecule has 0 N–H and O–H groups in total. The summed E-state index contributed by atoms with van der Waals surface area (Å²) in [5.41, 5.74) is 0. The van der Waals surface area contributed by atoms with Gasteiger partial charge in [-0.25, -0.2) is 0 Å². The molecular weight excluding hydrogens is 152 g/mol. The number of hydrogen-bond acceptors (Lipinski definition) is 2. The zero-order chi connectivity index (χ0) is 9.56. The van der Waals surface area contributed by atoms with E-state index in [1.807, 2.05) is 20.9 Å². The van der Waals surface area contributed by atoms with Gasteiger partial charge in [0.05, 0.1) is 0 Å². The average Bonchev–Trinajstić information content (AvgIpc) is 2.54. The molecule has 3 heteroatoms. The summed E-state index contributed by atoms with van der Waals surface area (Å²) in [6.07, 6.45) is 2.02. The van der Waals surface area contributed by atoms with Crippen LogP contribution >= 0.6 is 0 Å². The molecule has 0 aromatic heterocycles. The van der Waals surface area contributed by atoms with E-state index in [1.165, 1.54) is 0 Å². The Morgan fingerprint density at radius 3 is 2.42 bits per heavy atom. The standard InChI is InChI=1S/C7H14N2O.C2H6/c1-8-4-3-7(5-8)9(2)6-10;1-2/h6-7H,3-5H2,1-2H3;1-2H3. The van der Waals surface area contributed by atoms with E-state index in [-0.39, 0.29) is 0 Å². The van der Waals surface area contributed by atoms with Crippen LogP contribution in [0.4, 0.5) is 0 Å². The molecule has 1 aliphatic heterocycles. The van der Waals surface area contributed by atoms with Gasteiger partial charge < -0.3 is 9.80 Å². The summed E-state index contributed by atoms with van der Waals surface area (Å²) in [7, 11) is 3.93. The lowest BCUT2D eigenvalue weighted by Crippen LogP contribution is -2.32. The van der Waals surface area contributed by atoms with Crippen LogP contribution in [-0.2, 0) is 4.79 Å². The van der Waals surface area contributed by atoms with Crippen molar-refractivity contribution in [3.8, 4) is 0 Å². The molecule has 0 aromatic rings. The van der Waals surface area contributed by atoms with E-state index in [0.29, 0.717) is 6.04 Å². The summed E-state index contributed by atoms with van der Waals surface area (Å²) in [6.45, 7) is 6.14. The summed E-state index contributed by atoms with van der Waals surface area (Å²) < 4.78 is 0. The first-order valence-electron chi connectivity index (χ1n) is 4.60. The van der Waals surface area contributed by atoms with E-state index in [4.69, 9.17) is 0 Å². The zero-order valence-electron chi connectivity index (χ0n) is 8.58. The first kappa shape index (κ1) is 11.4. The smallest absolute Gasteiger partial charge is 0.209 e. The van der Waals surface area contributed by atoms with Crippen LogP contribution in [0.5, 0.6) is 0 Å². The van der Waals surface area contributed by atoms with Gasteiger partial charge in [-0.05, 0) is 20.0 Å². The van der Waals surface area contributed by atoms with Gasteiger partial charge in [0.15, 0.2) is 0 Å². The Balaban J connectivity index is 0.000000561. The predicted molar refractivity (Wildman–Crippen MR) is 51.1 cm³/mol.